The first-order chi connectivity index (χ1) is 9.11. The lowest BCUT2D eigenvalue weighted by molar-refractivity contribution is -0.128. The van der Waals surface area contributed by atoms with E-state index in [0.717, 1.165) is 25.5 Å². The normalized spacial score (nSPS) is 10.7. The number of hydrogen-bond donors (Lipinski definition) is 2. The molecule has 0 aliphatic heterocycles. The second-order valence-corrected chi connectivity index (χ2v) is 4.79. The van der Waals surface area contributed by atoms with Crippen LogP contribution in [0.4, 0.5) is 0 Å². The van der Waals surface area contributed by atoms with E-state index in [9.17, 15) is 4.79 Å². The van der Waals surface area contributed by atoms with Gasteiger partial charge >= 0.3 is 0 Å². The molecule has 0 saturated heterocycles. The number of carbonyl (C=O) groups excluding carboxylic acids is 1. The average molecular weight is 398 g/mol. The highest BCUT2D eigenvalue weighted by atomic mass is 127. The Balaban J connectivity index is 0. The molecular weight excluding hydrogens is 367 g/mol. The zero-order valence-electron chi connectivity index (χ0n) is 13.4. The lowest BCUT2D eigenvalue weighted by atomic mass is 10.2. The van der Waals surface area contributed by atoms with Crippen LogP contribution < -0.4 is 10.6 Å². The van der Waals surface area contributed by atoms with Crippen LogP contribution in [-0.4, -0.2) is 50.5 Å². The molecule has 0 aliphatic rings. The molecule has 0 aromatic heterocycles. The van der Waals surface area contributed by atoms with Crippen molar-refractivity contribution in [3.63, 3.8) is 0 Å². The van der Waals surface area contributed by atoms with Crippen LogP contribution in [0, 0.1) is 0 Å². The molecule has 0 aromatic carbocycles. The van der Waals surface area contributed by atoms with Crippen LogP contribution >= 0.6 is 24.0 Å². The van der Waals surface area contributed by atoms with Crippen molar-refractivity contribution in [2.24, 2.45) is 4.99 Å². The second kappa shape index (κ2) is 14.9. The van der Waals surface area contributed by atoms with Gasteiger partial charge in [-0.05, 0) is 13.3 Å². The first-order valence-corrected chi connectivity index (χ1v) is 7.34. The zero-order chi connectivity index (χ0) is 14.5. The maximum absolute atomic E-state index is 11.4. The van der Waals surface area contributed by atoms with Crippen molar-refractivity contribution < 1.29 is 4.79 Å². The molecule has 0 aliphatic carbocycles. The average Bonchev–Trinajstić information content (AvgIpc) is 2.38. The number of halogens is 1. The van der Waals surface area contributed by atoms with Crippen molar-refractivity contribution in [2.75, 3.05) is 33.7 Å². The first-order valence-electron chi connectivity index (χ1n) is 7.34. The number of nitrogens with zero attached hydrogens (tertiary/aromatic N) is 2. The summed E-state index contributed by atoms with van der Waals surface area (Å²) in [6.45, 7) is 6.55. The summed E-state index contributed by atoms with van der Waals surface area (Å²) in [6.07, 6.45) is 5.37. The monoisotopic (exact) mass is 398 g/mol. The quantitative estimate of drug-likeness (QED) is 0.271. The molecule has 20 heavy (non-hydrogen) atoms. The van der Waals surface area contributed by atoms with Crippen LogP contribution in [0.25, 0.3) is 0 Å². The molecule has 0 unspecified atom stereocenters. The van der Waals surface area contributed by atoms with Crippen molar-refractivity contribution in [2.45, 2.75) is 46.0 Å². The summed E-state index contributed by atoms with van der Waals surface area (Å²) in [6, 6.07) is 0. The van der Waals surface area contributed by atoms with E-state index in [-0.39, 0.29) is 29.9 Å². The molecule has 0 atom stereocenters. The van der Waals surface area contributed by atoms with Gasteiger partial charge in [-0.1, -0.05) is 26.2 Å². The van der Waals surface area contributed by atoms with Gasteiger partial charge in [-0.3, -0.25) is 9.79 Å². The van der Waals surface area contributed by atoms with Gasteiger partial charge in [0.1, 0.15) is 0 Å². The molecule has 6 heteroatoms. The highest BCUT2D eigenvalue weighted by molar-refractivity contribution is 14.0. The molecule has 120 valence electrons. The molecule has 0 aromatic rings. The molecule has 2 N–H and O–H groups in total. The molecular formula is C14H31IN4O. The smallest absolute Gasteiger partial charge is 0.223 e. The van der Waals surface area contributed by atoms with Gasteiger partial charge in [0.05, 0.1) is 0 Å². The highest BCUT2D eigenvalue weighted by Gasteiger charge is 2.03. The summed E-state index contributed by atoms with van der Waals surface area (Å²) in [5, 5.41) is 6.38. The van der Waals surface area contributed by atoms with Crippen LogP contribution in [0.3, 0.4) is 0 Å². The molecule has 0 heterocycles. The number of carbonyl (C=O) groups is 1. The van der Waals surface area contributed by atoms with Crippen molar-refractivity contribution in [3.05, 3.63) is 0 Å². The Labute approximate surface area is 141 Å². The van der Waals surface area contributed by atoms with Crippen molar-refractivity contribution >= 4 is 35.8 Å². The fraction of sp³-hybridized carbons (Fsp3) is 0.857. The van der Waals surface area contributed by atoms with Crippen LogP contribution in [-0.2, 0) is 4.79 Å². The van der Waals surface area contributed by atoms with E-state index in [4.69, 9.17) is 0 Å². The highest BCUT2D eigenvalue weighted by Crippen LogP contribution is 1.98. The molecule has 0 fully saturated rings. The van der Waals surface area contributed by atoms with E-state index in [1.165, 1.54) is 19.3 Å². The maximum Gasteiger partial charge on any atom is 0.223 e. The Hall–Kier alpha value is -0.530. The maximum atomic E-state index is 11.4. The van der Waals surface area contributed by atoms with E-state index in [0.29, 0.717) is 13.0 Å². The van der Waals surface area contributed by atoms with E-state index < -0.39 is 0 Å². The van der Waals surface area contributed by atoms with E-state index in [1.807, 2.05) is 6.92 Å². The van der Waals surface area contributed by atoms with Gasteiger partial charge in [-0.25, -0.2) is 0 Å². The number of aliphatic imine (C=N–C) groups is 1. The number of rotatable bonds is 9. The molecule has 5 nitrogen and oxygen atoms in total. The number of guanidine groups is 1. The fourth-order valence-electron chi connectivity index (χ4n) is 1.58. The third-order valence-electron chi connectivity index (χ3n) is 2.76. The predicted molar refractivity (Wildman–Crippen MR) is 96.8 cm³/mol. The minimum Gasteiger partial charge on any atom is -0.357 e. The van der Waals surface area contributed by atoms with E-state index >= 15 is 0 Å². The minimum absolute atomic E-state index is 0. The summed E-state index contributed by atoms with van der Waals surface area (Å²) in [5.74, 6) is 0.942. The zero-order valence-corrected chi connectivity index (χ0v) is 15.7. The number of hydrogen-bond acceptors (Lipinski definition) is 2. The van der Waals surface area contributed by atoms with E-state index in [2.05, 4.69) is 22.5 Å². The molecule has 0 spiro atoms. The van der Waals surface area contributed by atoms with Gasteiger partial charge in [0.2, 0.25) is 5.91 Å². The van der Waals surface area contributed by atoms with Gasteiger partial charge in [0.15, 0.2) is 5.96 Å². The SMILES string of the molecule is CCCCCCN=C(NCC)NCCC(=O)N(C)C.I. The van der Waals surface area contributed by atoms with Crippen molar-refractivity contribution in [1.82, 2.24) is 15.5 Å². The van der Waals surface area contributed by atoms with Crippen LogP contribution in [0.1, 0.15) is 46.0 Å². The van der Waals surface area contributed by atoms with Gasteiger partial charge < -0.3 is 15.5 Å². The van der Waals surface area contributed by atoms with Gasteiger partial charge in [-0.15, -0.1) is 24.0 Å². The van der Waals surface area contributed by atoms with Gasteiger partial charge in [0.25, 0.3) is 0 Å². The Kier molecular flexibility index (Phi) is 16.2. The Morgan fingerprint density at radius 1 is 1.10 bits per heavy atom. The first kappa shape index (κ1) is 21.8. The molecule has 0 rings (SSSR count). The van der Waals surface area contributed by atoms with Crippen LogP contribution in [0.15, 0.2) is 4.99 Å². The third-order valence-corrected chi connectivity index (χ3v) is 2.76. The summed E-state index contributed by atoms with van der Waals surface area (Å²) in [7, 11) is 3.55. The summed E-state index contributed by atoms with van der Waals surface area (Å²) in [4.78, 5) is 17.5. The topological polar surface area (TPSA) is 56.7 Å². The molecule has 0 radical (unpaired) electrons. The number of amides is 1. The number of unbranched alkanes of at least 4 members (excludes halogenated alkanes) is 3. The third kappa shape index (κ3) is 12.5. The van der Waals surface area contributed by atoms with Gasteiger partial charge in [0, 0.05) is 40.2 Å². The predicted octanol–water partition coefficient (Wildman–Crippen LogP) is 2.22. The summed E-state index contributed by atoms with van der Waals surface area (Å²) >= 11 is 0. The van der Waals surface area contributed by atoms with E-state index in [1.54, 1.807) is 19.0 Å². The fourth-order valence-corrected chi connectivity index (χ4v) is 1.58. The standard InChI is InChI=1S/C14H30N4O.HI/c1-5-7-8-9-11-16-14(15-6-2)17-12-10-13(19)18(3)4;/h5-12H2,1-4H3,(H2,15,16,17);1H. The largest absolute Gasteiger partial charge is 0.357 e. The van der Waals surface area contributed by atoms with Crippen LogP contribution in [0.2, 0.25) is 0 Å². The molecule has 0 bridgehead atoms. The summed E-state index contributed by atoms with van der Waals surface area (Å²) < 4.78 is 0. The lowest BCUT2D eigenvalue weighted by Gasteiger charge is -2.13. The Morgan fingerprint density at radius 3 is 2.35 bits per heavy atom. The van der Waals surface area contributed by atoms with Crippen molar-refractivity contribution in [1.29, 1.82) is 0 Å². The Bertz CT molecular complexity index is 270. The minimum atomic E-state index is 0. The van der Waals surface area contributed by atoms with Crippen LogP contribution in [0.5, 0.6) is 0 Å². The van der Waals surface area contributed by atoms with Crippen molar-refractivity contribution in [3.8, 4) is 0 Å². The number of nitrogens with one attached hydrogen (secondary N) is 2. The molecule has 1 amide bonds. The van der Waals surface area contributed by atoms with Gasteiger partial charge in [-0.2, -0.15) is 0 Å². The lowest BCUT2D eigenvalue weighted by Crippen LogP contribution is -2.39. The Morgan fingerprint density at radius 2 is 1.80 bits per heavy atom. The molecule has 0 saturated carbocycles. The second-order valence-electron chi connectivity index (χ2n) is 4.79. The summed E-state index contributed by atoms with van der Waals surface area (Å²) in [5.41, 5.74) is 0.